The number of aryl methyl sites for hydroxylation is 1. The van der Waals surface area contributed by atoms with Crippen LogP contribution in [0.3, 0.4) is 0 Å². The predicted molar refractivity (Wildman–Crippen MR) is 57.2 cm³/mol. The van der Waals surface area contributed by atoms with E-state index < -0.39 is 0 Å². The molecule has 2 atom stereocenters. The Morgan fingerprint density at radius 3 is 2.85 bits per heavy atom. The number of nitrogens with one attached hydrogen (secondary N) is 1. The highest BCUT2D eigenvalue weighted by Crippen LogP contribution is 2.34. The normalized spacial score (nSPS) is 26.4. The minimum atomic E-state index is 0.692. The molecule has 0 radical (unpaired) electrons. The Morgan fingerprint density at radius 2 is 2.08 bits per heavy atom. The van der Waals surface area contributed by atoms with Gasteiger partial charge in [0.1, 0.15) is 0 Å². The fourth-order valence-electron chi connectivity index (χ4n) is 1.97. The van der Waals surface area contributed by atoms with Gasteiger partial charge in [-0.1, -0.05) is 26.0 Å². The van der Waals surface area contributed by atoms with Crippen LogP contribution < -0.4 is 5.32 Å². The topological polar surface area (TPSA) is 12.0 Å². The first-order valence-electron chi connectivity index (χ1n) is 5.03. The van der Waals surface area contributed by atoms with Crippen LogP contribution in [0.4, 0.5) is 5.69 Å². The van der Waals surface area contributed by atoms with Gasteiger partial charge in [-0.05, 0) is 36.0 Å². The fourth-order valence-corrected chi connectivity index (χ4v) is 1.97. The lowest BCUT2D eigenvalue weighted by Crippen LogP contribution is -2.23. The molecule has 1 heteroatoms. The molecule has 2 rings (SSSR count). The molecule has 0 fully saturated rings. The molecule has 1 aromatic rings. The lowest BCUT2D eigenvalue weighted by molar-refractivity contribution is 0.497. The SMILES string of the molecule is Cc1ccc2c(c1)NCC(C)C2C. The number of hydrogen-bond acceptors (Lipinski definition) is 1. The summed E-state index contributed by atoms with van der Waals surface area (Å²) >= 11 is 0. The zero-order chi connectivity index (χ0) is 9.42. The molecule has 1 aliphatic heterocycles. The van der Waals surface area contributed by atoms with E-state index in [1.54, 1.807) is 0 Å². The van der Waals surface area contributed by atoms with Gasteiger partial charge in [0.2, 0.25) is 0 Å². The molecule has 0 aromatic heterocycles. The van der Waals surface area contributed by atoms with E-state index in [4.69, 9.17) is 0 Å². The molecule has 1 aliphatic rings. The van der Waals surface area contributed by atoms with Gasteiger partial charge in [-0.25, -0.2) is 0 Å². The second-order valence-corrected chi connectivity index (χ2v) is 4.24. The van der Waals surface area contributed by atoms with E-state index in [0.717, 1.165) is 12.5 Å². The summed E-state index contributed by atoms with van der Waals surface area (Å²) in [6.07, 6.45) is 0. The molecular weight excluding hydrogens is 158 g/mol. The van der Waals surface area contributed by atoms with E-state index in [-0.39, 0.29) is 0 Å². The summed E-state index contributed by atoms with van der Waals surface area (Å²) in [7, 11) is 0. The Kier molecular flexibility index (Phi) is 2.03. The number of fused-ring (bicyclic) bond motifs is 1. The van der Waals surface area contributed by atoms with E-state index in [1.807, 2.05) is 0 Å². The van der Waals surface area contributed by atoms with Crippen LogP contribution in [0.25, 0.3) is 0 Å². The fraction of sp³-hybridized carbons (Fsp3) is 0.500. The molecule has 0 saturated carbocycles. The van der Waals surface area contributed by atoms with Crippen LogP contribution in [0.2, 0.25) is 0 Å². The van der Waals surface area contributed by atoms with Gasteiger partial charge >= 0.3 is 0 Å². The zero-order valence-electron chi connectivity index (χ0n) is 8.59. The van der Waals surface area contributed by atoms with Gasteiger partial charge in [0.15, 0.2) is 0 Å². The zero-order valence-corrected chi connectivity index (χ0v) is 8.59. The Bertz CT molecular complexity index is 317. The van der Waals surface area contributed by atoms with Gasteiger partial charge in [-0.15, -0.1) is 0 Å². The molecule has 0 amide bonds. The van der Waals surface area contributed by atoms with Crippen LogP contribution in [0, 0.1) is 12.8 Å². The lowest BCUT2D eigenvalue weighted by Gasteiger charge is -2.30. The lowest BCUT2D eigenvalue weighted by atomic mass is 9.84. The molecule has 13 heavy (non-hydrogen) atoms. The maximum absolute atomic E-state index is 3.48. The summed E-state index contributed by atoms with van der Waals surface area (Å²) in [5.74, 6) is 1.44. The molecular formula is C12H17N. The molecule has 1 aromatic carbocycles. The second kappa shape index (κ2) is 3.06. The molecule has 0 bridgehead atoms. The van der Waals surface area contributed by atoms with Crippen molar-refractivity contribution in [3.8, 4) is 0 Å². The van der Waals surface area contributed by atoms with Crippen LogP contribution in [-0.2, 0) is 0 Å². The number of rotatable bonds is 0. The van der Waals surface area contributed by atoms with Gasteiger partial charge in [0.05, 0.1) is 0 Å². The first-order valence-corrected chi connectivity index (χ1v) is 5.03. The summed E-state index contributed by atoms with van der Waals surface area (Å²) < 4.78 is 0. The molecule has 70 valence electrons. The molecule has 1 heterocycles. The second-order valence-electron chi connectivity index (χ2n) is 4.24. The summed E-state index contributed by atoms with van der Waals surface area (Å²) in [5, 5.41) is 3.48. The van der Waals surface area contributed by atoms with Crippen molar-refractivity contribution in [3.63, 3.8) is 0 Å². The van der Waals surface area contributed by atoms with Crippen molar-refractivity contribution in [2.45, 2.75) is 26.7 Å². The van der Waals surface area contributed by atoms with Crippen molar-refractivity contribution in [1.29, 1.82) is 0 Å². The molecule has 1 N–H and O–H groups in total. The highest BCUT2D eigenvalue weighted by molar-refractivity contribution is 5.56. The van der Waals surface area contributed by atoms with Crippen molar-refractivity contribution in [3.05, 3.63) is 29.3 Å². The largest absolute Gasteiger partial charge is 0.385 e. The maximum Gasteiger partial charge on any atom is 0.0378 e. The van der Waals surface area contributed by atoms with Crippen molar-refractivity contribution in [2.24, 2.45) is 5.92 Å². The molecule has 0 aliphatic carbocycles. The standard InChI is InChI=1S/C12H17N/c1-8-4-5-11-10(3)9(2)7-13-12(11)6-8/h4-6,9-10,13H,7H2,1-3H3. The molecule has 0 saturated heterocycles. The van der Waals surface area contributed by atoms with Crippen molar-refractivity contribution < 1.29 is 0 Å². The van der Waals surface area contributed by atoms with Crippen molar-refractivity contribution in [2.75, 3.05) is 11.9 Å². The van der Waals surface area contributed by atoms with Crippen LogP contribution in [0.15, 0.2) is 18.2 Å². The first kappa shape index (κ1) is 8.61. The third-order valence-corrected chi connectivity index (χ3v) is 3.17. The molecule has 0 spiro atoms. The first-order chi connectivity index (χ1) is 6.18. The van der Waals surface area contributed by atoms with E-state index >= 15 is 0 Å². The van der Waals surface area contributed by atoms with E-state index in [0.29, 0.717) is 5.92 Å². The predicted octanol–water partition coefficient (Wildman–Crippen LogP) is 3.16. The minimum absolute atomic E-state index is 0.692. The Morgan fingerprint density at radius 1 is 1.31 bits per heavy atom. The highest BCUT2D eigenvalue weighted by atomic mass is 14.9. The summed E-state index contributed by atoms with van der Waals surface area (Å²) in [6, 6.07) is 6.71. The minimum Gasteiger partial charge on any atom is -0.385 e. The van der Waals surface area contributed by atoms with Crippen LogP contribution in [0.5, 0.6) is 0 Å². The monoisotopic (exact) mass is 175 g/mol. The van der Waals surface area contributed by atoms with Crippen LogP contribution in [-0.4, -0.2) is 6.54 Å². The Labute approximate surface area is 80.2 Å². The van der Waals surface area contributed by atoms with Gasteiger partial charge in [0, 0.05) is 12.2 Å². The van der Waals surface area contributed by atoms with Gasteiger partial charge < -0.3 is 5.32 Å². The van der Waals surface area contributed by atoms with E-state index in [1.165, 1.54) is 16.8 Å². The van der Waals surface area contributed by atoms with E-state index in [9.17, 15) is 0 Å². The smallest absolute Gasteiger partial charge is 0.0378 e. The number of benzene rings is 1. The summed E-state index contributed by atoms with van der Waals surface area (Å²) in [6.45, 7) is 7.88. The Hall–Kier alpha value is -0.980. The van der Waals surface area contributed by atoms with Crippen LogP contribution in [0.1, 0.15) is 30.9 Å². The van der Waals surface area contributed by atoms with Crippen molar-refractivity contribution >= 4 is 5.69 Å². The number of anilines is 1. The summed E-state index contributed by atoms with van der Waals surface area (Å²) in [4.78, 5) is 0. The average molecular weight is 175 g/mol. The summed E-state index contributed by atoms with van der Waals surface area (Å²) in [5.41, 5.74) is 4.16. The molecule has 1 nitrogen and oxygen atoms in total. The van der Waals surface area contributed by atoms with Gasteiger partial charge in [-0.3, -0.25) is 0 Å². The quantitative estimate of drug-likeness (QED) is 0.638. The maximum atomic E-state index is 3.48. The molecule has 2 unspecified atom stereocenters. The third-order valence-electron chi connectivity index (χ3n) is 3.17. The van der Waals surface area contributed by atoms with Gasteiger partial charge in [-0.2, -0.15) is 0 Å². The van der Waals surface area contributed by atoms with Gasteiger partial charge in [0.25, 0.3) is 0 Å². The number of hydrogen-bond donors (Lipinski definition) is 1. The average Bonchev–Trinajstić information content (AvgIpc) is 2.12. The van der Waals surface area contributed by atoms with Crippen molar-refractivity contribution in [1.82, 2.24) is 0 Å². The highest BCUT2D eigenvalue weighted by Gasteiger charge is 2.21. The Balaban J connectivity index is 2.44. The van der Waals surface area contributed by atoms with E-state index in [2.05, 4.69) is 44.3 Å². The third kappa shape index (κ3) is 1.43. The van der Waals surface area contributed by atoms with Crippen LogP contribution >= 0.6 is 0 Å².